The van der Waals surface area contributed by atoms with Crippen molar-refractivity contribution in [2.75, 3.05) is 33.2 Å². The second-order valence-electron chi connectivity index (χ2n) is 13.3. The molecule has 1 fully saturated rings. The van der Waals surface area contributed by atoms with Gasteiger partial charge in [0.25, 0.3) is 15.9 Å². The topological polar surface area (TPSA) is 130 Å². The Hall–Kier alpha value is -4.13. The molecule has 0 saturated carbocycles. The standard InChI is InChI=1S/C34H38N6O5S2Si/c1-23-19-27-30(22-36-23)46-31(37-27)33(42)40(34(43)35-2)16-14-38(15-17-40)32(41)29-21-25-20-24(13-18-48(3,4)5)11-12-28(25)39(29)47(44,45)26-9-7-6-8-10-26/h6-12,20-21,23,36H,14-17,19,22H2,1-5H3/p+1. The Balaban J connectivity index is 1.35. The SMILES string of the molecule is CNC(=O)[N+]1(C(=O)c2nc3c(s2)CNC(C)C3)CCN(C(=O)c2cc3cc(C#C[Si](C)(C)C)ccc3n2S(=O)(=O)c2ccccc2)CC1. The fraction of sp³-hybridized carbons (Fsp3) is 0.353. The summed E-state index contributed by atoms with van der Waals surface area (Å²) in [5.74, 6) is 2.30. The number of hydrogen-bond donors (Lipinski definition) is 2. The Bertz CT molecular complexity index is 2100. The minimum atomic E-state index is -4.17. The highest BCUT2D eigenvalue weighted by molar-refractivity contribution is 7.90. The van der Waals surface area contributed by atoms with Crippen LogP contribution in [-0.2, 0) is 23.0 Å². The number of carbonyl (C=O) groups excluding carboxylic acids is 3. The van der Waals surface area contributed by atoms with Gasteiger partial charge < -0.3 is 15.5 Å². The van der Waals surface area contributed by atoms with E-state index in [2.05, 4.69) is 53.6 Å². The average Bonchev–Trinajstić information content (AvgIpc) is 3.68. The summed E-state index contributed by atoms with van der Waals surface area (Å²) in [6.07, 6.45) is 0.702. The number of piperazine rings is 1. The number of quaternary nitrogens is 1. The molecule has 250 valence electrons. The monoisotopic (exact) mass is 703 g/mol. The van der Waals surface area contributed by atoms with E-state index in [1.165, 1.54) is 35.4 Å². The van der Waals surface area contributed by atoms with Gasteiger partial charge in [-0.15, -0.1) is 16.9 Å². The fourth-order valence-electron chi connectivity index (χ4n) is 6.10. The molecule has 48 heavy (non-hydrogen) atoms. The molecular formula is C34H39N6O5S2Si+. The van der Waals surface area contributed by atoms with Crippen molar-refractivity contribution in [3.05, 3.63) is 81.4 Å². The van der Waals surface area contributed by atoms with Crippen LogP contribution < -0.4 is 10.6 Å². The number of nitrogens with one attached hydrogen (secondary N) is 2. The third kappa shape index (κ3) is 6.24. The van der Waals surface area contributed by atoms with Crippen molar-refractivity contribution in [2.45, 2.75) is 50.5 Å². The van der Waals surface area contributed by atoms with Gasteiger partial charge in [-0.1, -0.05) is 43.8 Å². The molecule has 6 rings (SSSR count). The summed E-state index contributed by atoms with van der Waals surface area (Å²) in [7, 11) is -4.36. The summed E-state index contributed by atoms with van der Waals surface area (Å²) in [6.45, 7) is 9.26. The first kappa shape index (κ1) is 33.8. The first-order valence-electron chi connectivity index (χ1n) is 15.9. The van der Waals surface area contributed by atoms with Gasteiger partial charge in [-0.2, -0.15) is 4.48 Å². The molecule has 11 nitrogen and oxygen atoms in total. The third-order valence-corrected chi connectivity index (χ3v) is 12.4. The molecule has 2 aromatic heterocycles. The number of nitrogens with zero attached hydrogens (tertiary/aromatic N) is 4. The third-order valence-electron chi connectivity index (χ3n) is 8.69. The number of amides is 4. The lowest BCUT2D eigenvalue weighted by molar-refractivity contribution is -0.772. The van der Waals surface area contributed by atoms with Gasteiger partial charge in [0.2, 0.25) is 5.01 Å². The lowest BCUT2D eigenvalue weighted by Gasteiger charge is -2.39. The van der Waals surface area contributed by atoms with E-state index in [1.807, 2.05) is 6.07 Å². The van der Waals surface area contributed by atoms with Crippen molar-refractivity contribution in [1.82, 2.24) is 24.5 Å². The first-order chi connectivity index (χ1) is 22.7. The number of benzene rings is 2. The molecular weight excluding hydrogens is 665 g/mol. The highest BCUT2D eigenvalue weighted by Gasteiger charge is 2.50. The molecule has 1 unspecified atom stereocenters. The van der Waals surface area contributed by atoms with E-state index in [0.29, 0.717) is 23.9 Å². The zero-order valence-corrected chi connectivity index (χ0v) is 30.3. The molecule has 2 N–H and O–H groups in total. The van der Waals surface area contributed by atoms with Crippen LogP contribution in [0.2, 0.25) is 19.6 Å². The molecule has 14 heteroatoms. The van der Waals surface area contributed by atoms with E-state index in [4.69, 9.17) is 0 Å². The van der Waals surface area contributed by atoms with Gasteiger partial charge in [-0.25, -0.2) is 27.0 Å². The second-order valence-corrected chi connectivity index (χ2v) is 20.9. The van der Waals surface area contributed by atoms with Crippen LogP contribution in [0.25, 0.3) is 10.9 Å². The summed E-state index contributed by atoms with van der Waals surface area (Å²) in [5, 5.41) is 6.87. The number of thiazole rings is 1. The van der Waals surface area contributed by atoms with E-state index in [1.54, 1.807) is 36.4 Å². The molecule has 1 saturated heterocycles. The van der Waals surface area contributed by atoms with Gasteiger partial charge in [0.1, 0.15) is 26.9 Å². The van der Waals surface area contributed by atoms with Crippen LogP contribution in [0.3, 0.4) is 0 Å². The zero-order valence-electron chi connectivity index (χ0n) is 27.7. The Morgan fingerprint density at radius 2 is 1.77 bits per heavy atom. The Morgan fingerprint density at radius 1 is 1.06 bits per heavy atom. The van der Waals surface area contributed by atoms with Crippen LogP contribution in [0.4, 0.5) is 4.79 Å². The Morgan fingerprint density at radius 3 is 2.44 bits per heavy atom. The van der Waals surface area contributed by atoms with Crippen molar-refractivity contribution in [3.8, 4) is 11.5 Å². The summed E-state index contributed by atoms with van der Waals surface area (Å²) in [5.41, 5.74) is 5.28. The van der Waals surface area contributed by atoms with E-state index in [0.717, 1.165) is 20.1 Å². The number of rotatable bonds is 4. The lowest BCUT2D eigenvalue weighted by atomic mass is 10.1. The first-order valence-corrected chi connectivity index (χ1v) is 21.6. The lowest BCUT2D eigenvalue weighted by Crippen LogP contribution is -2.68. The summed E-state index contributed by atoms with van der Waals surface area (Å²) in [6, 6.07) is 14.6. The van der Waals surface area contributed by atoms with Crippen LogP contribution in [0, 0.1) is 11.5 Å². The molecule has 2 aromatic carbocycles. The molecule has 0 bridgehead atoms. The van der Waals surface area contributed by atoms with Gasteiger partial charge in [-0.3, -0.25) is 4.79 Å². The number of hydrogen-bond acceptors (Lipinski definition) is 8. The van der Waals surface area contributed by atoms with Crippen LogP contribution in [-0.4, -0.2) is 91.9 Å². The molecule has 4 heterocycles. The van der Waals surface area contributed by atoms with Crippen molar-refractivity contribution < 1.29 is 27.3 Å². The fourth-order valence-corrected chi connectivity index (χ4v) is 9.20. The minimum absolute atomic E-state index is 0.0191. The van der Waals surface area contributed by atoms with Crippen molar-refractivity contribution in [3.63, 3.8) is 0 Å². The average molecular weight is 704 g/mol. The molecule has 4 amide bonds. The van der Waals surface area contributed by atoms with Crippen molar-refractivity contribution in [1.29, 1.82) is 0 Å². The maximum atomic E-state index is 14.3. The van der Waals surface area contributed by atoms with Crippen molar-refractivity contribution in [2.24, 2.45) is 0 Å². The molecule has 2 aliphatic rings. The number of imide groups is 1. The number of urea groups is 1. The maximum Gasteiger partial charge on any atom is 0.424 e. The van der Waals surface area contributed by atoms with Crippen LogP contribution >= 0.6 is 11.3 Å². The smallest absolute Gasteiger partial charge is 0.326 e. The largest absolute Gasteiger partial charge is 0.424 e. The van der Waals surface area contributed by atoms with Gasteiger partial charge >= 0.3 is 11.9 Å². The highest BCUT2D eigenvalue weighted by atomic mass is 32.2. The number of carbonyl (C=O) groups is 3. The zero-order chi connectivity index (χ0) is 34.4. The second kappa shape index (κ2) is 12.7. The van der Waals surface area contributed by atoms with Gasteiger partial charge in [0, 0.05) is 41.9 Å². The molecule has 1 atom stereocenters. The molecule has 4 aromatic rings. The van der Waals surface area contributed by atoms with Crippen LogP contribution in [0.5, 0.6) is 0 Å². The quantitative estimate of drug-likeness (QED) is 0.186. The molecule has 0 spiro atoms. The Labute approximate surface area is 285 Å². The minimum Gasteiger partial charge on any atom is -0.326 e. The highest BCUT2D eigenvalue weighted by Crippen LogP contribution is 2.31. The van der Waals surface area contributed by atoms with E-state index < -0.39 is 40.4 Å². The van der Waals surface area contributed by atoms with Crippen LogP contribution in [0.15, 0.2) is 59.5 Å². The van der Waals surface area contributed by atoms with E-state index in [9.17, 15) is 22.8 Å². The normalized spacial score (nSPS) is 17.7. The summed E-state index contributed by atoms with van der Waals surface area (Å²) in [4.78, 5) is 48.8. The summed E-state index contributed by atoms with van der Waals surface area (Å²) >= 11 is 1.30. The predicted molar refractivity (Wildman–Crippen MR) is 188 cm³/mol. The Kier molecular flexibility index (Phi) is 8.94. The predicted octanol–water partition coefficient (Wildman–Crippen LogP) is 4.05. The number of fused-ring (bicyclic) bond motifs is 2. The molecule has 0 aliphatic carbocycles. The van der Waals surface area contributed by atoms with Gasteiger partial charge in [0.05, 0.1) is 29.2 Å². The van der Waals surface area contributed by atoms with Gasteiger partial charge in [-0.05, 0) is 43.3 Å². The molecule has 0 radical (unpaired) electrons. The van der Waals surface area contributed by atoms with Crippen LogP contribution in [0.1, 0.15) is 43.3 Å². The van der Waals surface area contributed by atoms with E-state index >= 15 is 0 Å². The molecule has 2 aliphatic heterocycles. The maximum absolute atomic E-state index is 14.3. The van der Waals surface area contributed by atoms with E-state index in [-0.39, 0.29) is 47.8 Å². The van der Waals surface area contributed by atoms with Gasteiger partial charge in [0.15, 0.2) is 0 Å². The summed E-state index contributed by atoms with van der Waals surface area (Å²) < 4.78 is 28.8. The number of aromatic nitrogens is 2. The van der Waals surface area contributed by atoms with Crippen molar-refractivity contribution >= 4 is 58.2 Å².